The zero-order valence-corrected chi connectivity index (χ0v) is 18.6. The summed E-state index contributed by atoms with van der Waals surface area (Å²) in [6.45, 7) is 7.16. The van der Waals surface area contributed by atoms with Gasteiger partial charge < -0.3 is 19.9 Å². The maximum atomic E-state index is 11.4. The summed E-state index contributed by atoms with van der Waals surface area (Å²) in [5.74, 6) is -0.663. The number of allylic oxidation sites excluding steroid dienone is 5. The second-order valence-electron chi connectivity index (χ2n) is 6.89. The van der Waals surface area contributed by atoms with Gasteiger partial charge in [-0.1, -0.05) is 56.4 Å². The van der Waals surface area contributed by atoms with Gasteiger partial charge in [-0.2, -0.15) is 0 Å². The van der Waals surface area contributed by atoms with E-state index in [9.17, 15) is 14.7 Å². The van der Waals surface area contributed by atoms with Crippen molar-refractivity contribution in [1.29, 1.82) is 0 Å². The van der Waals surface area contributed by atoms with Crippen LogP contribution >= 0.6 is 0 Å². The highest BCUT2D eigenvalue weighted by molar-refractivity contribution is 5.76. The summed E-state index contributed by atoms with van der Waals surface area (Å²) < 4.78 is 10.6. The van der Waals surface area contributed by atoms with Gasteiger partial charge in [0.05, 0.1) is 18.6 Å². The molecule has 0 aromatic heterocycles. The van der Waals surface area contributed by atoms with Crippen LogP contribution in [0.2, 0.25) is 0 Å². The van der Waals surface area contributed by atoms with Crippen LogP contribution in [0, 0.1) is 5.92 Å². The second-order valence-corrected chi connectivity index (χ2v) is 6.89. The SMILES string of the molecule is CC/C=C(/C)C(O)C(C)C(C/C=C/C=C/C=C/C(CC(=O)NC)OC)OC(C)=O. The highest BCUT2D eigenvalue weighted by atomic mass is 16.5. The topological polar surface area (TPSA) is 84.9 Å². The summed E-state index contributed by atoms with van der Waals surface area (Å²) in [5, 5.41) is 13.0. The van der Waals surface area contributed by atoms with E-state index in [1.54, 1.807) is 14.2 Å². The van der Waals surface area contributed by atoms with Crippen LogP contribution in [0.4, 0.5) is 0 Å². The number of nitrogens with one attached hydrogen (secondary N) is 1. The predicted molar refractivity (Wildman–Crippen MR) is 116 cm³/mol. The first-order valence-electron chi connectivity index (χ1n) is 10.0. The molecule has 0 aliphatic heterocycles. The molecule has 0 heterocycles. The van der Waals surface area contributed by atoms with Crippen molar-refractivity contribution in [2.75, 3.05) is 14.2 Å². The number of carbonyl (C=O) groups is 2. The van der Waals surface area contributed by atoms with E-state index in [1.165, 1.54) is 6.92 Å². The predicted octanol–water partition coefficient (Wildman–Crippen LogP) is 3.48. The summed E-state index contributed by atoms with van der Waals surface area (Å²) in [4.78, 5) is 22.8. The molecule has 0 aromatic rings. The molecule has 6 nitrogen and oxygen atoms in total. The molecule has 0 rings (SSSR count). The van der Waals surface area contributed by atoms with Crippen molar-refractivity contribution in [2.45, 2.75) is 65.3 Å². The number of hydrogen-bond acceptors (Lipinski definition) is 5. The number of aliphatic hydroxyl groups is 1. The first-order chi connectivity index (χ1) is 13.8. The van der Waals surface area contributed by atoms with Gasteiger partial charge in [0.1, 0.15) is 6.10 Å². The Morgan fingerprint density at radius 3 is 2.34 bits per heavy atom. The third-order valence-corrected chi connectivity index (χ3v) is 4.53. The average molecular weight is 408 g/mol. The molecule has 4 unspecified atom stereocenters. The van der Waals surface area contributed by atoms with Gasteiger partial charge in [0.15, 0.2) is 0 Å². The molecule has 0 aromatic carbocycles. The zero-order valence-electron chi connectivity index (χ0n) is 18.6. The molecular weight excluding hydrogens is 370 g/mol. The van der Waals surface area contributed by atoms with Gasteiger partial charge in [-0.25, -0.2) is 0 Å². The third kappa shape index (κ3) is 12.1. The average Bonchev–Trinajstić information content (AvgIpc) is 2.69. The Labute approximate surface area is 175 Å². The Hall–Kier alpha value is -2.18. The molecule has 0 saturated carbocycles. The van der Waals surface area contributed by atoms with Crippen molar-refractivity contribution in [3.8, 4) is 0 Å². The summed E-state index contributed by atoms with van der Waals surface area (Å²) in [6, 6.07) is 0. The maximum Gasteiger partial charge on any atom is 0.302 e. The Kier molecular flexibility index (Phi) is 14.5. The minimum absolute atomic E-state index is 0.0813. The summed E-state index contributed by atoms with van der Waals surface area (Å²) in [5.41, 5.74) is 0.885. The molecule has 0 saturated heterocycles. The molecule has 0 spiro atoms. The second kappa shape index (κ2) is 15.7. The van der Waals surface area contributed by atoms with Crippen molar-refractivity contribution in [1.82, 2.24) is 5.32 Å². The maximum absolute atomic E-state index is 11.4. The fraction of sp³-hybridized carbons (Fsp3) is 0.565. The van der Waals surface area contributed by atoms with Crippen molar-refractivity contribution in [3.05, 3.63) is 48.1 Å². The molecule has 4 atom stereocenters. The molecule has 6 heteroatoms. The normalized spacial score (nSPS) is 16.9. The summed E-state index contributed by atoms with van der Waals surface area (Å²) in [6.07, 6.45) is 13.3. The molecule has 29 heavy (non-hydrogen) atoms. The van der Waals surface area contributed by atoms with Crippen molar-refractivity contribution < 1.29 is 24.2 Å². The Morgan fingerprint density at radius 2 is 1.79 bits per heavy atom. The number of esters is 1. The standard InChI is InChI=1S/C23H37NO5/c1-7-13-17(2)23(27)18(3)21(29-19(4)25)15-12-10-8-9-11-14-20(28-6)16-22(26)24-5/h8-14,18,20-21,23,27H,7,15-16H2,1-6H3,(H,24,26)/b9-8+,12-10+,14-11+,17-13-. The number of rotatable bonds is 13. The van der Waals surface area contributed by atoms with Gasteiger partial charge in [0.25, 0.3) is 0 Å². The van der Waals surface area contributed by atoms with Gasteiger partial charge in [0, 0.05) is 33.4 Å². The first kappa shape index (κ1) is 26.8. The van der Waals surface area contributed by atoms with Crippen molar-refractivity contribution in [2.24, 2.45) is 5.92 Å². The highest BCUT2D eigenvalue weighted by Crippen LogP contribution is 2.21. The van der Waals surface area contributed by atoms with Gasteiger partial charge in [-0.15, -0.1) is 0 Å². The van der Waals surface area contributed by atoms with E-state index in [4.69, 9.17) is 9.47 Å². The first-order valence-corrected chi connectivity index (χ1v) is 10.0. The lowest BCUT2D eigenvalue weighted by Crippen LogP contribution is -2.33. The number of aliphatic hydroxyl groups excluding tert-OH is 1. The largest absolute Gasteiger partial charge is 0.462 e. The lowest BCUT2D eigenvalue weighted by Gasteiger charge is -2.27. The Morgan fingerprint density at radius 1 is 1.14 bits per heavy atom. The number of hydrogen-bond donors (Lipinski definition) is 2. The Balaban J connectivity index is 4.80. The van der Waals surface area contributed by atoms with Crippen LogP contribution in [0.1, 0.15) is 47.0 Å². The van der Waals surface area contributed by atoms with Crippen LogP contribution in [0.15, 0.2) is 48.1 Å². The fourth-order valence-electron chi connectivity index (χ4n) is 2.77. The summed E-state index contributed by atoms with van der Waals surface area (Å²) >= 11 is 0. The molecule has 164 valence electrons. The number of methoxy groups -OCH3 is 1. The highest BCUT2D eigenvalue weighted by Gasteiger charge is 2.26. The van der Waals surface area contributed by atoms with Gasteiger partial charge in [0.2, 0.25) is 5.91 Å². The summed E-state index contributed by atoms with van der Waals surface area (Å²) in [7, 11) is 3.15. The minimum Gasteiger partial charge on any atom is -0.462 e. The number of amides is 1. The molecule has 0 aliphatic carbocycles. The molecule has 0 aliphatic rings. The van der Waals surface area contributed by atoms with Crippen LogP contribution in [0.3, 0.4) is 0 Å². The monoisotopic (exact) mass is 407 g/mol. The van der Waals surface area contributed by atoms with Crippen LogP contribution in [-0.4, -0.2) is 49.5 Å². The van der Waals surface area contributed by atoms with Crippen LogP contribution < -0.4 is 5.32 Å². The van der Waals surface area contributed by atoms with E-state index in [0.29, 0.717) is 6.42 Å². The molecule has 0 bridgehead atoms. The van der Waals surface area contributed by atoms with Crippen LogP contribution in [0.5, 0.6) is 0 Å². The molecule has 1 amide bonds. The zero-order chi connectivity index (χ0) is 22.2. The lowest BCUT2D eigenvalue weighted by atomic mass is 9.90. The van der Waals surface area contributed by atoms with E-state index in [-0.39, 0.29) is 30.3 Å². The van der Waals surface area contributed by atoms with Crippen molar-refractivity contribution >= 4 is 11.9 Å². The van der Waals surface area contributed by atoms with Crippen LogP contribution in [0.25, 0.3) is 0 Å². The molecular formula is C23H37NO5. The van der Waals surface area contributed by atoms with E-state index < -0.39 is 12.2 Å². The molecule has 2 N–H and O–H groups in total. The smallest absolute Gasteiger partial charge is 0.302 e. The fourth-order valence-corrected chi connectivity index (χ4v) is 2.77. The third-order valence-electron chi connectivity index (χ3n) is 4.53. The van der Waals surface area contributed by atoms with E-state index >= 15 is 0 Å². The lowest BCUT2D eigenvalue weighted by molar-refractivity contribution is -0.150. The number of ether oxygens (including phenoxy) is 2. The van der Waals surface area contributed by atoms with Gasteiger partial charge >= 0.3 is 5.97 Å². The quantitative estimate of drug-likeness (QED) is 0.277. The van der Waals surface area contributed by atoms with Gasteiger partial charge in [-0.3, -0.25) is 9.59 Å². The van der Waals surface area contributed by atoms with Gasteiger partial charge in [-0.05, 0) is 18.9 Å². The minimum atomic E-state index is -0.655. The number of carbonyl (C=O) groups excluding carboxylic acids is 2. The molecule has 0 fully saturated rings. The Bertz CT molecular complexity index is 606. The molecule has 0 radical (unpaired) electrons. The van der Waals surface area contributed by atoms with E-state index in [1.807, 2.05) is 63.3 Å². The van der Waals surface area contributed by atoms with Crippen molar-refractivity contribution in [3.63, 3.8) is 0 Å². The van der Waals surface area contributed by atoms with E-state index in [0.717, 1.165) is 12.0 Å². The van der Waals surface area contributed by atoms with E-state index in [2.05, 4.69) is 5.32 Å². The van der Waals surface area contributed by atoms with Crippen LogP contribution in [-0.2, 0) is 19.1 Å².